The normalized spacial score (nSPS) is 12.0. The highest BCUT2D eigenvalue weighted by Gasteiger charge is 2.17. The third-order valence-corrected chi connectivity index (χ3v) is 4.63. The topological polar surface area (TPSA) is 78.4 Å². The number of ether oxygens (including phenoxy) is 2. The molecule has 0 saturated heterocycles. The van der Waals surface area contributed by atoms with Crippen LogP contribution in [0.2, 0.25) is 0 Å². The first kappa shape index (κ1) is 16.6. The lowest BCUT2D eigenvalue weighted by Crippen LogP contribution is -2.07. The van der Waals surface area contributed by atoms with Crippen molar-refractivity contribution in [1.82, 2.24) is 9.97 Å². The Hall–Kier alpha value is -1.80. The van der Waals surface area contributed by atoms with Crippen LogP contribution in [0.25, 0.3) is 10.7 Å². The highest BCUT2D eigenvalue weighted by atomic mass is 32.1. The van der Waals surface area contributed by atoms with Crippen molar-refractivity contribution in [2.45, 2.75) is 26.7 Å². The third kappa shape index (κ3) is 4.11. The molecule has 0 aliphatic rings. The Morgan fingerprint density at radius 3 is 2.68 bits per heavy atom. The Morgan fingerprint density at radius 2 is 2.00 bits per heavy atom. The second kappa shape index (κ2) is 7.46. The van der Waals surface area contributed by atoms with Gasteiger partial charge in [-0.15, -0.1) is 22.7 Å². The molecule has 0 amide bonds. The zero-order valence-corrected chi connectivity index (χ0v) is 14.1. The van der Waals surface area contributed by atoms with Gasteiger partial charge in [0.05, 0.1) is 11.6 Å². The van der Waals surface area contributed by atoms with E-state index < -0.39 is 5.97 Å². The van der Waals surface area contributed by atoms with Crippen molar-refractivity contribution in [2.75, 3.05) is 13.2 Å². The molecule has 0 unspecified atom stereocenters. The predicted molar refractivity (Wildman–Crippen MR) is 84.2 cm³/mol. The minimum atomic E-state index is -0.427. The highest BCUT2D eigenvalue weighted by Crippen LogP contribution is 2.29. The van der Waals surface area contributed by atoms with E-state index in [0.717, 1.165) is 10.7 Å². The molecule has 6 nitrogen and oxygen atoms in total. The molecule has 0 aromatic carbocycles. The SMILES string of the molecule is CCOC(=O)c1csc(-c2csc([C@H](C)COC(C)=O)n2)n1. The Kier molecular flexibility index (Phi) is 5.62. The molecule has 0 N–H and O–H groups in total. The molecule has 22 heavy (non-hydrogen) atoms. The van der Waals surface area contributed by atoms with Crippen LogP contribution >= 0.6 is 22.7 Å². The molecule has 0 bridgehead atoms. The molecule has 2 rings (SSSR count). The smallest absolute Gasteiger partial charge is 0.357 e. The lowest BCUT2D eigenvalue weighted by atomic mass is 10.2. The van der Waals surface area contributed by atoms with E-state index in [9.17, 15) is 9.59 Å². The molecule has 0 spiro atoms. The van der Waals surface area contributed by atoms with Gasteiger partial charge >= 0.3 is 11.9 Å². The number of aromatic nitrogens is 2. The van der Waals surface area contributed by atoms with Crippen LogP contribution < -0.4 is 0 Å². The Bertz CT molecular complexity index is 665. The molecular weight excluding hydrogens is 324 g/mol. The van der Waals surface area contributed by atoms with Gasteiger partial charge < -0.3 is 9.47 Å². The van der Waals surface area contributed by atoms with Crippen LogP contribution in [0.15, 0.2) is 10.8 Å². The van der Waals surface area contributed by atoms with Crippen molar-refractivity contribution in [3.8, 4) is 10.7 Å². The minimum Gasteiger partial charge on any atom is -0.465 e. The third-order valence-electron chi connectivity index (χ3n) is 2.69. The molecule has 0 aliphatic carbocycles. The molecule has 1 atom stereocenters. The summed E-state index contributed by atoms with van der Waals surface area (Å²) in [7, 11) is 0. The quantitative estimate of drug-likeness (QED) is 0.752. The second-order valence-corrected chi connectivity index (χ2v) is 6.28. The Morgan fingerprint density at radius 1 is 1.23 bits per heavy atom. The van der Waals surface area contributed by atoms with E-state index in [1.54, 1.807) is 12.3 Å². The van der Waals surface area contributed by atoms with Gasteiger partial charge in [0.25, 0.3) is 0 Å². The standard InChI is InChI=1S/C14H16N2O4S2/c1-4-19-14(18)11-7-22-13(16-11)10-6-21-12(15-10)8(2)5-20-9(3)17/h6-8H,4-5H2,1-3H3/t8-/m1/s1. The number of thiazole rings is 2. The van der Waals surface area contributed by atoms with Crippen LogP contribution in [0.4, 0.5) is 0 Å². The largest absolute Gasteiger partial charge is 0.465 e. The van der Waals surface area contributed by atoms with Gasteiger partial charge in [0.2, 0.25) is 0 Å². The molecule has 2 heterocycles. The number of hydrogen-bond acceptors (Lipinski definition) is 8. The van der Waals surface area contributed by atoms with Crippen molar-refractivity contribution in [3.63, 3.8) is 0 Å². The number of rotatable bonds is 6. The maximum atomic E-state index is 11.6. The van der Waals surface area contributed by atoms with Gasteiger partial charge in [-0.2, -0.15) is 0 Å². The monoisotopic (exact) mass is 340 g/mol. The van der Waals surface area contributed by atoms with Crippen LogP contribution in [-0.4, -0.2) is 35.1 Å². The average molecular weight is 340 g/mol. The predicted octanol–water partition coefficient (Wildman–Crippen LogP) is 3.11. The van der Waals surface area contributed by atoms with Crippen molar-refractivity contribution >= 4 is 34.6 Å². The molecule has 0 radical (unpaired) electrons. The van der Waals surface area contributed by atoms with E-state index in [4.69, 9.17) is 9.47 Å². The lowest BCUT2D eigenvalue weighted by Gasteiger charge is -2.07. The van der Waals surface area contributed by atoms with Crippen molar-refractivity contribution in [3.05, 3.63) is 21.5 Å². The fourth-order valence-corrected chi connectivity index (χ4v) is 3.29. The van der Waals surface area contributed by atoms with Gasteiger partial charge in [0.15, 0.2) is 5.69 Å². The molecule has 8 heteroatoms. The summed E-state index contributed by atoms with van der Waals surface area (Å²) in [6.07, 6.45) is 0. The number of carbonyl (C=O) groups is 2. The van der Waals surface area contributed by atoms with Crippen molar-refractivity contribution in [2.24, 2.45) is 0 Å². The van der Waals surface area contributed by atoms with Gasteiger partial charge in [-0.05, 0) is 6.92 Å². The maximum Gasteiger partial charge on any atom is 0.357 e. The average Bonchev–Trinajstić information content (AvgIpc) is 3.13. The summed E-state index contributed by atoms with van der Waals surface area (Å²) in [5, 5.41) is 5.08. The van der Waals surface area contributed by atoms with E-state index in [1.807, 2.05) is 12.3 Å². The summed E-state index contributed by atoms with van der Waals surface area (Å²) >= 11 is 2.83. The van der Waals surface area contributed by atoms with E-state index in [1.165, 1.54) is 29.6 Å². The number of nitrogens with zero attached hydrogens (tertiary/aromatic N) is 2. The molecule has 2 aromatic heterocycles. The van der Waals surface area contributed by atoms with E-state index in [-0.39, 0.29) is 11.9 Å². The molecule has 118 valence electrons. The minimum absolute atomic E-state index is 0.0205. The van der Waals surface area contributed by atoms with Crippen LogP contribution in [0, 0.1) is 0 Å². The first-order valence-corrected chi connectivity index (χ1v) is 8.49. The van der Waals surface area contributed by atoms with Crippen molar-refractivity contribution in [1.29, 1.82) is 0 Å². The maximum absolute atomic E-state index is 11.6. The fourth-order valence-electron chi connectivity index (χ4n) is 1.62. The van der Waals surface area contributed by atoms with Crippen molar-refractivity contribution < 1.29 is 19.1 Å². The molecular formula is C14H16N2O4S2. The molecule has 0 saturated carbocycles. The lowest BCUT2D eigenvalue weighted by molar-refractivity contribution is -0.141. The van der Waals surface area contributed by atoms with E-state index >= 15 is 0 Å². The highest BCUT2D eigenvalue weighted by molar-refractivity contribution is 7.14. The summed E-state index contributed by atoms with van der Waals surface area (Å²) in [4.78, 5) is 31.2. The number of carbonyl (C=O) groups excluding carboxylic acids is 2. The number of hydrogen-bond donors (Lipinski definition) is 0. The summed E-state index contributed by atoms with van der Waals surface area (Å²) in [6, 6.07) is 0. The van der Waals surface area contributed by atoms with Gasteiger partial charge in [0, 0.05) is 23.6 Å². The van der Waals surface area contributed by atoms with Crippen LogP contribution in [0.3, 0.4) is 0 Å². The summed E-state index contributed by atoms with van der Waals surface area (Å²) in [5.74, 6) is -0.710. The van der Waals surface area contributed by atoms with E-state index in [2.05, 4.69) is 9.97 Å². The zero-order valence-electron chi connectivity index (χ0n) is 12.5. The first-order valence-electron chi connectivity index (χ1n) is 6.73. The van der Waals surface area contributed by atoms with Gasteiger partial charge in [0.1, 0.15) is 17.3 Å². The molecule has 0 aliphatic heterocycles. The number of esters is 2. The second-order valence-electron chi connectivity index (χ2n) is 4.53. The summed E-state index contributed by atoms with van der Waals surface area (Å²) in [6.45, 7) is 5.70. The fraction of sp³-hybridized carbons (Fsp3) is 0.429. The molecule has 0 fully saturated rings. The van der Waals surface area contributed by atoms with Crippen LogP contribution in [0.5, 0.6) is 0 Å². The summed E-state index contributed by atoms with van der Waals surface area (Å²) < 4.78 is 9.90. The Labute approximate surface area is 136 Å². The van der Waals surface area contributed by atoms with Gasteiger partial charge in [-0.3, -0.25) is 4.79 Å². The first-order chi connectivity index (χ1) is 10.5. The van der Waals surface area contributed by atoms with Crippen LogP contribution in [0.1, 0.15) is 42.2 Å². The Balaban J connectivity index is 2.08. The summed E-state index contributed by atoms with van der Waals surface area (Å²) in [5.41, 5.74) is 1.01. The van der Waals surface area contributed by atoms with E-state index in [0.29, 0.717) is 23.9 Å². The van der Waals surface area contributed by atoms with Crippen LogP contribution in [-0.2, 0) is 14.3 Å². The zero-order chi connectivity index (χ0) is 16.1. The van der Waals surface area contributed by atoms with Gasteiger partial charge in [-0.25, -0.2) is 14.8 Å². The van der Waals surface area contributed by atoms with Gasteiger partial charge in [-0.1, -0.05) is 6.92 Å². The molecule has 2 aromatic rings.